The summed E-state index contributed by atoms with van der Waals surface area (Å²) in [7, 11) is 0. The Kier molecular flexibility index (Phi) is 4.02. The van der Waals surface area contributed by atoms with Crippen LogP contribution in [0.15, 0.2) is 24.3 Å². The number of nitrogens with two attached hydrogens (primary N) is 1. The van der Waals surface area contributed by atoms with Crippen molar-refractivity contribution in [3.8, 4) is 0 Å². The third kappa shape index (κ3) is 2.46. The second-order valence-corrected chi connectivity index (χ2v) is 6.91. The van der Waals surface area contributed by atoms with Gasteiger partial charge in [-0.3, -0.25) is 0 Å². The maximum Gasteiger partial charge on any atom is 0.0403 e. The van der Waals surface area contributed by atoms with Gasteiger partial charge in [-0.25, -0.2) is 0 Å². The highest BCUT2D eigenvalue weighted by atomic mass is 15.2. The predicted octanol–water partition coefficient (Wildman–Crippen LogP) is 3.59. The number of aryl methyl sites for hydroxylation is 1. The maximum absolute atomic E-state index is 6.08. The fraction of sp³-hybridized carbons (Fsp3) is 0.667. The fourth-order valence-electron chi connectivity index (χ4n) is 4.25. The van der Waals surface area contributed by atoms with Gasteiger partial charge in [0.05, 0.1) is 0 Å². The van der Waals surface area contributed by atoms with Gasteiger partial charge in [-0.1, -0.05) is 31.5 Å². The predicted molar refractivity (Wildman–Crippen MR) is 86.1 cm³/mol. The van der Waals surface area contributed by atoms with E-state index >= 15 is 0 Å². The van der Waals surface area contributed by atoms with E-state index in [9.17, 15) is 0 Å². The molecule has 2 N–H and O–H groups in total. The largest absolute Gasteiger partial charge is 0.365 e. The van der Waals surface area contributed by atoms with E-state index in [1.165, 1.54) is 43.4 Å². The summed E-state index contributed by atoms with van der Waals surface area (Å²) in [6, 6.07) is 10.3. The third-order valence-electron chi connectivity index (χ3n) is 5.45. The highest BCUT2D eigenvalue weighted by Crippen LogP contribution is 2.39. The van der Waals surface area contributed by atoms with Crippen molar-refractivity contribution in [2.24, 2.45) is 17.6 Å². The molecule has 1 aliphatic heterocycles. The first-order chi connectivity index (χ1) is 9.70. The number of para-hydroxylation sites is 1. The lowest BCUT2D eigenvalue weighted by molar-refractivity contribution is 0.231. The quantitative estimate of drug-likeness (QED) is 0.891. The Morgan fingerprint density at radius 2 is 1.95 bits per heavy atom. The zero-order valence-electron chi connectivity index (χ0n) is 12.9. The van der Waals surface area contributed by atoms with Gasteiger partial charge < -0.3 is 10.6 Å². The van der Waals surface area contributed by atoms with Crippen LogP contribution in [0.5, 0.6) is 0 Å². The molecule has 0 aromatic heterocycles. The van der Waals surface area contributed by atoms with Crippen LogP contribution in [0.3, 0.4) is 0 Å². The zero-order chi connectivity index (χ0) is 14.1. The molecule has 1 aliphatic carbocycles. The summed E-state index contributed by atoms with van der Waals surface area (Å²) in [5.74, 6) is 1.50. The molecule has 0 amide bonds. The van der Waals surface area contributed by atoms with Crippen LogP contribution in [0.1, 0.15) is 45.1 Å². The summed E-state index contributed by atoms with van der Waals surface area (Å²) in [4.78, 5) is 2.71. The van der Waals surface area contributed by atoms with Crippen molar-refractivity contribution in [3.05, 3.63) is 29.8 Å². The number of nitrogens with zero attached hydrogens (tertiary/aromatic N) is 1. The van der Waals surface area contributed by atoms with Crippen LogP contribution < -0.4 is 10.6 Å². The lowest BCUT2D eigenvalue weighted by Gasteiger charge is -2.48. The first kappa shape index (κ1) is 13.9. The average molecular weight is 272 g/mol. The Labute approximate surface area is 123 Å². The van der Waals surface area contributed by atoms with E-state index in [0.717, 1.165) is 12.5 Å². The van der Waals surface area contributed by atoms with Crippen molar-refractivity contribution >= 4 is 5.69 Å². The van der Waals surface area contributed by atoms with E-state index in [1.807, 2.05) is 0 Å². The molecule has 110 valence electrons. The van der Waals surface area contributed by atoms with Crippen molar-refractivity contribution in [2.45, 2.75) is 58.0 Å². The number of hydrogen-bond donors (Lipinski definition) is 1. The lowest BCUT2D eigenvalue weighted by Crippen LogP contribution is -2.52. The summed E-state index contributed by atoms with van der Waals surface area (Å²) >= 11 is 0. The SMILES string of the molecule is CC1CCC(CN)C(N2c3ccccc3CCC2C)C1. The van der Waals surface area contributed by atoms with E-state index in [4.69, 9.17) is 5.73 Å². The van der Waals surface area contributed by atoms with Crippen LogP contribution in [0.25, 0.3) is 0 Å². The number of hydrogen-bond acceptors (Lipinski definition) is 2. The van der Waals surface area contributed by atoms with Crippen molar-refractivity contribution in [1.82, 2.24) is 0 Å². The summed E-state index contributed by atoms with van der Waals surface area (Å²) in [6.45, 7) is 5.63. The van der Waals surface area contributed by atoms with Crippen molar-refractivity contribution in [3.63, 3.8) is 0 Å². The smallest absolute Gasteiger partial charge is 0.0403 e. The Hall–Kier alpha value is -1.02. The van der Waals surface area contributed by atoms with Crippen LogP contribution in [-0.2, 0) is 6.42 Å². The maximum atomic E-state index is 6.08. The molecule has 1 fully saturated rings. The molecule has 0 bridgehead atoms. The van der Waals surface area contributed by atoms with Gasteiger partial charge in [-0.05, 0) is 62.6 Å². The normalized spacial score (nSPS) is 33.9. The minimum atomic E-state index is 0.639. The van der Waals surface area contributed by atoms with Gasteiger partial charge in [0.25, 0.3) is 0 Å². The molecule has 2 nitrogen and oxygen atoms in total. The molecule has 2 aliphatic rings. The van der Waals surface area contributed by atoms with E-state index in [0.29, 0.717) is 18.0 Å². The summed E-state index contributed by atoms with van der Waals surface area (Å²) in [5, 5.41) is 0. The molecule has 4 unspecified atom stereocenters. The topological polar surface area (TPSA) is 29.3 Å². The second-order valence-electron chi connectivity index (χ2n) is 6.91. The Bertz CT molecular complexity index is 456. The molecule has 1 saturated carbocycles. The van der Waals surface area contributed by atoms with Gasteiger partial charge in [-0.15, -0.1) is 0 Å². The lowest BCUT2D eigenvalue weighted by atomic mass is 9.76. The second kappa shape index (κ2) is 5.77. The van der Waals surface area contributed by atoms with Gasteiger partial charge in [-0.2, -0.15) is 0 Å². The van der Waals surface area contributed by atoms with Gasteiger partial charge in [0.1, 0.15) is 0 Å². The molecule has 1 aromatic carbocycles. The molecule has 1 heterocycles. The molecule has 0 spiro atoms. The van der Waals surface area contributed by atoms with Crippen molar-refractivity contribution < 1.29 is 0 Å². The summed E-state index contributed by atoms with van der Waals surface area (Å²) in [5.41, 5.74) is 9.09. The van der Waals surface area contributed by atoms with Crippen LogP contribution in [0, 0.1) is 11.8 Å². The first-order valence-corrected chi connectivity index (χ1v) is 8.27. The minimum Gasteiger partial charge on any atom is -0.365 e. The van der Waals surface area contributed by atoms with E-state index in [2.05, 4.69) is 43.0 Å². The highest BCUT2D eigenvalue weighted by molar-refractivity contribution is 5.57. The molecule has 0 radical (unpaired) electrons. The zero-order valence-corrected chi connectivity index (χ0v) is 12.9. The molecule has 1 aromatic rings. The Morgan fingerprint density at radius 1 is 1.15 bits per heavy atom. The molecule has 0 saturated heterocycles. The summed E-state index contributed by atoms with van der Waals surface area (Å²) < 4.78 is 0. The molecule has 20 heavy (non-hydrogen) atoms. The third-order valence-corrected chi connectivity index (χ3v) is 5.45. The van der Waals surface area contributed by atoms with E-state index in [-0.39, 0.29) is 0 Å². The Balaban J connectivity index is 1.94. The monoisotopic (exact) mass is 272 g/mol. The van der Waals surface area contributed by atoms with Crippen molar-refractivity contribution in [1.29, 1.82) is 0 Å². The summed E-state index contributed by atoms with van der Waals surface area (Å²) in [6.07, 6.45) is 6.46. The van der Waals surface area contributed by atoms with Crippen LogP contribution in [-0.4, -0.2) is 18.6 Å². The number of fused-ring (bicyclic) bond motifs is 1. The standard InChI is InChI=1S/C18H28N2/c1-13-7-9-16(12-19)18(11-13)20-14(2)8-10-15-5-3-4-6-17(15)20/h3-6,13-14,16,18H,7-12,19H2,1-2H3. The van der Waals surface area contributed by atoms with Gasteiger partial charge in [0.15, 0.2) is 0 Å². The van der Waals surface area contributed by atoms with Crippen LogP contribution in [0.4, 0.5) is 5.69 Å². The van der Waals surface area contributed by atoms with Gasteiger partial charge in [0.2, 0.25) is 0 Å². The molecular formula is C18H28N2. The molecule has 3 rings (SSSR count). The van der Waals surface area contributed by atoms with Gasteiger partial charge >= 0.3 is 0 Å². The van der Waals surface area contributed by atoms with Gasteiger partial charge in [0, 0.05) is 17.8 Å². The molecule has 4 atom stereocenters. The van der Waals surface area contributed by atoms with Crippen LogP contribution in [0.2, 0.25) is 0 Å². The fourth-order valence-corrected chi connectivity index (χ4v) is 4.25. The van der Waals surface area contributed by atoms with E-state index in [1.54, 1.807) is 0 Å². The average Bonchev–Trinajstić information content (AvgIpc) is 2.47. The van der Waals surface area contributed by atoms with Crippen molar-refractivity contribution in [2.75, 3.05) is 11.4 Å². The number of rotatable bonds is 2. The Morgan fingerprint density at radius 3 is 2.75 bits per heavy atom. The molecular weight excluding hydrogens is 244 g/mol. The highest BCUT2D eigenvalue weighted by Gasteiger charge is 2.36. The first-order valence-electron chi connectivity index (χ1n) is 8.27. The van der Waals surface area contributed by atoms with E-state index < -0.39 is 0 Å². The minimum absolute atomic E-state index is 0.639. The van der Waals surface area contributed by atoms with Crippen LogP contribution >= 0.6 is 0 Å². The number of anilines is 1. The molecule has 2 heteroatoms. The number of benzene rings is 1.